The average molecular weight is 240 g/mol. The van der Waals surface area contributed by atoms with Gasteiger partial charge in [-0.15, -0.1) is 11.3 Å². The molecular formula is C11H16N2O2S. The average Bonchev–Trinajstić information content (AvgIpc) is 2.64. The third-order valence-electron chi connectivity index (χ3n) is 2.69. The summed E-state index contributed by atoms with van der Waals surface area (Å²) in [5.74, 6) is -0.359. The zero-order chi connectivity index (χ0) is 11.6. The SMILES string of the molecule is CC1(CNCc2cc(C(N)=O)cs2)COC1. The fourth-order valence-electron chi connectivity index (χ4n) is 1.64. The number of amides is 1. The normalized spacial score (nSPS) is 18.1. The Hall–Kier alpha value is -0.910. The highest BCUT2D eigenvalue weighted by Crippen LogP contribution is 2.25. The predicted octanol–water partition coefficient (Wildman–Crippen LogP) is 0.973. The highest BCUT2D eigenvalue weighted by molar-refractivity contribution is 7.10. The molecule has 1 aliphatic rings. The van der Waals surface area contributed by atoms with Gasteiger partial charge in [0.05, 0.1) is 18.8 Å². The van der Waals surface area contributed by atoms with E-state index in [4.69, 9.17) is 10.5 Å². The van der Waals surface area contributed by atoms with Crippen LogP contribution in [0.4, 0.5) is 0 Å². The van der Waals surface area contributed by atoms with E-state index in [0.29, 0.717) is 5.56 Å². The van der Waals surface area contributed by atoms with Gasteiger partial charge in [-0.1, -0.05) is 6.92 Å². The molecule has 1 aromatic rings. The van der Waals surface area contributed by atoms with Crippen molar-refractivity contribution in [2.24, 2.45) is 11.1 Å². The Kier molecular flexibility index (Phi) is 3.28. The van der Waals surface area contributed by atoms with E-state index in [1.54, 1.807) is 16.7 Å². The second kappa shape index (κ2) is 4.53. The molecule has 0 atom stereocenters. The number of ether oxygens (including phenoxy) is 1. The van der Waals surface area contributed by atoms with Gasteiger partial charge in [-0.05, 0) is 6.07 Å². The molecule has 0 unspecified atom stereocenters. The van der Waals surface area contributed by atoms with Crippen molar-refractivity contribution < 1.29 is 9.53 Å². The van der Waals surface area contributed by atoms with Crippen LogP contribution in [0.15, 0.2) is 11.4 Å². The van der Waals surface area contributed by atoms with Gasteiger partial charge in [0.25, 0.3) is 0 Å². The molecule has 2 heterocycles. The minimum Gasteiger partial charge on any atom is -0.380 e. The number of nitrogens with one attached hydrogen (secondary N) is 1. The summed E-state index contributed by atoms with van der Waals surface area (Å²) >= 11 is 1.56. The molecule has 1 fully saturated rings. The Morgan fingerprint density at radius 3 is 2.94 bits per heavy atom. The molecule has 0 aliphatic carbocycles. The Morgan fingerprint density at radius 1 is 1.69 bits per heavy atom. The largest absolute Gasteiger partial charge is 0.380 e. The number of carbonyl (C=O) groups is 1. The molecule has 88 valence electrons. The summed E-state index contributed by atoms with van der Waals surface area (Å²) in [4.78, 5) is 12.0. The van der Waals surface area contributed by atoms with Gasteiger partial charge in [-0.3, -0.25) is 4.79 Å². The van der Waals surface area contributed by atoms with Crippen molar-refractivity contribution in [1.29, 1.82) is 0 Å². The van der Waals surface area contributed by atoms with Crippen molar-refractivity contribution in [1.82, 2.24) is 5.32 Å². The van der Waals surface area contributed by atoms with Crippen LogP contribution in [-0.4, -0.2) is 25.7 Å². The number of primary amides is 1. The van der Waals surface area contributed by atoms with Crippen LogP contribution in [0.2, 0.25) is 0 Å². The standard InChI is InChI=1S/C11H16N2O2S/c1-11(6-15-7-11)5-13-3-9-2-8(4-16-9)10(12)14/h2,4,13H,3,5-7H2,1H3,(H2,12,14). The van der Waals surface area contributed by atoms with Gasteiger partial charge in [0, 0.05) is 28.8 Å². The molecule has 1 aliphatic heterocycles. The van der Waals surface area contributed by atoms with Crippen molar-refractivity contribution in [3.63, 3.8) is 0 Å². The molecule has 4 nitrogen and oxygen atoms in total. The first kappa shape index (κ1) is 11.6. The monoisotopic (exact) mass is 240 g/mol. The summed E-state index contributed by atoms with van der Waals surface area (Å²) in [6.07, 6.45) is 0. The van der Waals surface area contributed by atoms with Gasteiger partial charge in [-0.2, -0.15) is 0 Å². The molecule has 0 saturated carbocycles. The lowest BCUT2D eigenvalue weighted by molar-refractivity contribution is -0.0991. The Morgan fingerprint density at radius 2 is 2.44 bits per heavy atom. The smallest absolute Gasteiger partial charge is 0.249 e. The Labute approximate surface area is 98.8 Å². The molecule has 3 N–H and O–H groups in total. The Bertz CT molecular complexity index is 385. The number of rotatable bonds is 5. The van der Waals surface area contributed by atoms with Crippen LogP contribution >= 0.6 is 11.3 Å². The van der Waals surface area contributed by atoms with Crippen LogP contribution in [0.1, 0.15) is 22.2 Å². The van der Waals surface area contributed by atoms with E-state index < -0.39 is 0 Å². The number of carbonyl (C=O) groups excluding carboxylic acids is 1. The second-order valence-corrected chi connectivity index (χ2v) is 5.57. The van der Waals surface area contributed by atoms with Crippen molar-refractivity contribution in [3.05, 3.63) is 21.9 Å². The van der Waals surface area contributed by atoms with Crippen LogP contribution in [0.25, 0.3) is 0 Å². The summed E-state index contributed by atoms with van der Waals surface area (Å²) in [5.41, 5.74) is 6.07. The van der Waals surface area contributed by atoms with E-state index in [-0.39, 0.29) is 11.3 Å². The lowest BCUT2D eigenvalue weighted by Gasteiger charge is -2.38. The summed E-state index contributed by atoms with van der Waals surface area (Å²) in [6.45, 7) is 5.59. The fourth-order valence-corrected chi connectivity index (χ4v) is 2.49. The second-order valence-electron chi connectivity index (χ2n) is 4.57. The summed E-state index contributed by atoms with van der Waals surface area (Å²) in [5, 5.41) is 5.17. The highest BCUT2D eigenvalue weighted by atomic mass is 32.1. The quantitative estimate of drug-likeness (QED) is 0.806. The molecule has 1 aromatic heterocycles. The predicted molar refractivity (Wildman–Crippen MR) is 63.5 cm³/mol. The maximum atomic E-state index is 10.9. The van der Waals surface area contributed by atoms with Gasteiger partial charge in [0.15, 0.2) is 0 Å². The van der Waals surface area contributed by atoms with Crippen molar-refractivity contribution in [2.45, 2.75) is 13.5 Å². The van der Waals surface area contributed by atoms with Crippen LogP contribution < -0.4 is 11.1 Å². The molecule has 16 heavy (non-hydrogen) atoms. The zero-order valence-electron chi connectivity index (χ0n) is 9.29. The topological polar surface area (TPSA) is 64.3 Å². The molecule has 1 amide bonds. The fraction of sp³-hybridized carbons (Fsp3) is 0.545. The molecule has 1 saturated heterocycles. The maximum Gasteiger partial charge on any atom is 0.249 e. The van der Waals surface area contributed by atoms with E-state index in [1.165, 1.54) is 0 Å². The number of hydrogen-bond donors (Lipinski definition) is 2. The molecular weight excluding hydrogens is 224 g/mol. The van der Waals surface area contributed by atoms with Gasteiger partial charge in [0.1, 0.15) is 0 Å². The molecule has 2 rings (SSSR count). The number of nitrogens with two attached hydrogens (primary N) is 1. The third kappa shape index (κ3) is 2.61. The first-order valence-corrected chi connectivity index (χ1v) is 6.13. The molecule has 0 bridgehead atoms. The van der Waals surface area contributed by atoms with E-state index in [2.05, 4.69) is 12.2 Å². The molecule has 5 heteroatoms. The summed E-state index contributed by atoms with van der Waals surface area (Å²) in [7, 11) is 0. The maximum absolute atomic E-state index is 10.9. The van der Waals surface area contributed by atoms with Gasteiger partial charge in [-0.25, -0.2) is 0 Å². The molecule has 0 spiro atoms. The first-order chi connectivity index (χ1) is 7.59. The van der Waals surface area contributed by atoms with Crippen LogP contribution in [-0.2, 0) is 11.3 Å². The number of hydrogen-bond acceptors (Lipinski definition) is 4. The minimum absolute atomic E-state index is 0.282. The van der Waals surface area contributed by atoms with Crippen LogP contribution in [0, 0.1) is 5.41 Å². The van der Waals surface area contributed by atoms with E-state index in [9.17, 15) is 4.79 Å². The van der Waals surface area contributed by atoms with Gasteiger partial charge >= 0.3 is 0 Å². The highest BCUT2D eigenvalue weighted by Gasteiger charge is 2.32. The lowest BCUT2D eigenvalue weighted by Crippen LogP contribution is -2.47. The zero-order valence-corrected chi connectivity index (χ0v) is 10.1. The van der Waals surface area contributed by atoms with E-state index in [1.807, 2.05) is 6.07 Å². The third-order valence-corrected chi connectivity index (χ3v) is 3.63. The lowest BCUT2D eigenvalue weighted by atomic mass is 9.89. The van der Waals surface area contributed by atoms with Crippen molar-refractivity contribution in [3.8, 4) is 0 Å². The Balaban J connectivity index is 1.78. The summed E-state index contributed by atoms with van der Waals surface area (Å²) in [6, 6.07) is 1.85. The van der Waals surface area contributed by atoms with Crippen molar-refractivity contribution in [2.75, 3.05) is 19.8 Å². The molecule has 0 aromatic carbocycles. The van der Waals surface area contributed by atoms with Crippen LogP contribution in [0.3, 0.4) is 0 Å². The van der Waals surface area contributed by atoms with E-state index >= 15 is 0 Å². The minimum atomic E-state index is -0.359. The van der Waals surface area contributed by atoms with Gasteiger partial charge in [0.2, 0.25) is 5.91 Å². The first-order valence-electron chi connectivity index (χ1n) is 5.25. The summed E-state index contributed by atoms with van der Waals surface area (Å²) < 4.78 is 5.18. The van der Waals surface area contributed by atoms with Crippen molar-refractivity contribution >= 4 is 17.2 Å². The van der Waals surface area contributed by atoms with Gasteiger partial charge < -0.3 is 15.8 Å². The molecule has 0 radical (unpaired) electrons. The number of thiophene rings is 1. The van der Waals surface area contributed by atoms with Crippen LogP contribution in [0.5, 0.6) is 0 Å². The van der Waals surface area contributed by atoms with E-state index in [0.717, 1.165) is 31.2 Å².